The Kier molecular flexibility index (Phi) is 6.50. The van der Waals surface area contributed by atoms with E-state index in [2.05, 4.69) is 37.7 Å². The van der Waals surface area contributed by atoms with Crippen LogP contribution in [-0.4, -0.2) is 19.1 Å². The van der Waals surface area contributed by atoms with E-state index in [1.165, 1.54) is 0 Å². The van der Waals surface area contributed by atoms with Gasteiger partial charge < -0.3 is 16.6 Å². The molecule has 0 saturated carbocycles. The maximum absolute atomic E-state index is 4.49. The van der Waals surface area contributed by atoms with Gasteiger partial charge >= 0.3 is 27.7 Å². The molecule has 0 unspecified atom stereocenters. The van der Waals surface area contributed by atoms with Gasteiger partial charge in [0.25, 0.3) is 0 Å². The van der Waals surface area contributed by atoms with Crippen LogP contribution >= 0.6 is 9.53 Å². The van der Waals surface area contributed by atoms with Crippen molar-refractivity contribution < 1.29 is 18.2 Å². The van der Waals surface area contributed by atoms with Crippen LogP contribution in [0, 0.1) is 7.43 Å². The van der Waals surface area contributed by atoms with Gasteiger partial charge in [-0.05, 0) is 0 Å². The molecule has 0 amide bonds. The predicted octanol–water partition coefficient (Wildman–Crippen LogP) is 1.96. The average molecular weight is 319 g/mol. The molecule has 2 rings (SSSR count). The second kappa shape index (κ2) is 6.78. The third kappa shape index (κ3) is 3.17. The monoisotopic (exact) mass is 318 g/mol. The Morgan fingerprint density at radius 2 is 1.33 bits per heavy atom. The zero-order valence-electron chi connectivity index (χ0n) is 8.79. The number of halogens is 1. The van der Waals surface area contributed by atoms with Gasteiger partial charge in [0.05, 0.1) is 0 Å². The SMILES string of the molecule is Cn1ccnc1-c1nccn1C.[CH3-].[Cl][Pd+]. The van der Waals surface area contributed by atoms with Crippen molar-refractivity contribution >= 4 is 9.53 Å². The van der Waals surface area contributed by atoms with Crippen molar-refractivity contribution in [1.29, 1.82) is 0 Å². The summed E-state index contributed by atoms with van der Waals surface area (Å²) in [6.07, 6.45) is 7.35. The van der Waals surface area contributed by atoms with Crippen LogP contribution in [0.15, 0.2) is 24.8 Å². The molecule has 0 fully saturated rings. The van der Waals surface area contributed by atoms with Gasteiger partial charge in [0.2, 0.25) is 0 Å². The molecule has 15 heavy (non-hydrogen) atoms. The topological polar surface area (TPSA) is 35.6 Å². The van der Waals surface area contributed by atoms with Crippen molar-refractivity contribution in [2.24, 2.45) is 14.1 Å². The summed E-state index contributed by atoms with van der Waals surface area (Å²) in [5.74, 6) is 1.78. The van der Waals surface area contributed by atoms with Crippen LogP contribution in [0.25, 0.3) is 11.6 Å². The van der Waals surface area contributed by atoms with Crippen LogP contribution < -0.4 is 0 Å². The van der Waals surface area contributed by atoms with Crippen molar-refractivity contribution in [2.75, 3.05) is 0 Å². The van der Waals surface area contributed by atoms with E-state index < -0.39 is 0 Å². The first-order chi connectivity index (χ1) is 6.79. The minimum atomic E-state index is 0. The fourth-order valence-corrected chi connectivity index (χ4v) is 1.16. The summed E-state index contributed by atoms with van der Waals surface area (Å²) in [4.78, 5) is 8.40. The Hall–Kier alpha value is -0.628. The Morgan fingerprint density at radius 3 is 1.53 bits per heavy atom. The van der Waals surface area contributed by atoms with Gasteiger partial charge in [0.15, 0.2) is 11.6 Å². The van der Waals surface area contributed by atoms with E-state index in [4.69, 9.17) is 0 Å². The number of rotatable bonds is 1. The summed E-state index contributed by atoms with van der Waals surface area (Å²) in [6.45, 7) is 0. The second-order valence-electron chi connectivity index (χ2n) is 2.72. The normalized spacial score (nSPS) is 8.87. The summed E-state index contributed by atoms with van der Waals surface area (Å²) in [5.41, 5.74) is 0. The predicted molar refractivity (Wildman–Crippen MR) is 57.7 cm³/mol. The van der Waals surface area contributed by atoms with Gasteiger partial charge in [0.1, 0.15) is 0 Å². The zero-order valence-corrected chi connectivity index (χ0v) is 11.1. The summed E-state index contributed by atoms with van der Waals surface area (Å²) >= 11 is 2.22. The van der Waals surface area contributed by atoms with E-state index in [0.29, 0.717) is 0 Å². The molecule has 2 aromatic rings. The van der Waals surface area contributed by atoms with Crippen molar-refractivity contribution in [3.63, 3.8) is 0 Å². The molecule has 2 heterocycles. The van der Waals surface area contributed by atoms with E-state index in [9.17, 15) is 0 Å². The van der Waals surface area contributed by atoms with Gasteiger partial charge in [-0.25, -0.2) is 9.97 Å². The van der Waals surface area contributed by atoms with E-state index in [0.717, 1.165) is 11.6 Å². The van der Waals surface area contributed by atoms with Crippen LogP contribution in [0.3, 0.4) is 0 Å². The molecule has 4 nitrogen and oxygen atoms in total. The first-order valence-electron chi connectivity index (χ1n) is 3.86. The second-order valence-corrected chi connectivity index (χ2v) is 2.72. The molecule has 0 aliphatic heterocycles. The molecule has 86 valence electrons. The quantitative estimate of drug-likeness (QED) is 0.595. The molecular weight excluding hydrogens is 306 g/mol. The number of hydrogen-bond acceptors (Lipinski definition) is 2. The van der Waals surface area contributed by atoms with Gasteiger partial charge in [-0.15, -0.1) is 0 Å². The van der Waals surface area contributed by atoms with Crippen molar-refractivity contribution in [1.82, 2.24) is 19.1 Å². The van der Waals surface area contributed by atoms with Gasteiger partial charge in [-0.3, -0.25) is 0 Å². The number of hydrogen-bond donors (Lipinski definition) is 0. The maximum atomic E-state index is 4.49. The summed E-state index contributed by atoms with van der Waals surface area (Å²) < 4.78 is 3.89. The molecule has 0 spiro atoms. The molecule has 0 atom stereocenters. The molecule has 2 aromatic heterocycles. The molecular formula is C9H13ClN4Pd. The molecule has 0 saturated heterocycles. The van der Waals surface area contributed by atoms with E-state index >= 15 is 0 Å². The summed E-state index contributed by atoms with van der Waals surface area (Å²) in [5, 5.41) is 0. The Morgan fingerprint density at radius 1 is 1.00 bits per heavy atom. The van der Waals surface area contributed by atoms with Gasteiger partial charge in [-0.2, -0.15) is 0 Å². The van der Waals surface area contributed by atoms with Crippen LogP contribution in [0.5, 0.6) is 0 Å². The zero-order chi connectivity index (χ0) is 10.6. The molecule has 0 aliphatic rings. The molecule has 6 heteroatoms. The Labute approximate surface area is 105 Å². The summed E-state index contributed by atoms with van der Waals surface area (Å²) in [7, 11) is 8.40. The first-order valence-corrected chi connectivity index (χ1v) is 5.86. The van der Waals surface area contributed by atoms with Gasteiger partial charge in [0, 0.05) is 38.9 Å². The number of aromatic nitrogens is 4. The van der Waals surface area contributed by atoms with E-state index in [1.807, 2.05) is 35.6 Å². The van der Waals surface area contributed by atoms with Gasteiger partial charge in [-0.1, -0.05) is 0 Å². The average Bonchev–Trinajstić information content (AvgIpc) is 2.78. The molecule has 0 aliphatic carbocycles. The van der Waals surface area contributed by atoms with E-state index in [-0.39, 0.29) is 7.43 Å². The Bertz CT molecular complexity index is 358. The molecule has 0 N–H and O–H groups in total. The van der Waals surface area contributed by atoms with Crippen molar-refractivity contribution in [3.05, 3.63) is 32.2 Å². The van der Waals surface area contributed by atoms with Crippen LogP contribution in [-0.2, 0) is 32.3 Å². The van der Waals surface area contributed by atoms with Crippen LogP contribution in [0.1, 0.15) is 0 Å². The number of imidazole rings is 2. The number of nitrogens with zero attached hydrogens (tertiary/aromatic N) is 4. The van der Waals surface area contributed by atoms with Crippen molar-refractivity contribution in [3.8, 4) is 11.6 Å². The third-order valence-electron chi connectivity index (χ3n) is 1.84. The molecule has 0 aromatic carbocycles. The molecule has 0 radical (unpaired) electrons. The Balaban J connectivity index is 0.000000617. The number of aryl methyl sites for hydroxylation is 2. The first kappa shape index (κ1) is 14.4. The molecule has 0 bridgehead atoms. The van der Waals surface area contributed by atoms with Crippen LogP contribution in [0.4, 0.5) is 0 Å². The fourth-order valence-electron chi connectivity index (χ4n) is 1.16. The van der Waals surface area contributed by atoms with Crippen molar-refractivity contribution in [2.45, 2.75) is 0 Å². The van der Waals surface area contributed by atoms with Crippen LogP contribution in [0.2, 0.25) is 0 Å². The summed E-state index contributed by atoms with van der Waals surface area (Å²) in [6, 6.07) is 0. The van der Waals surface area contributed by atoms with E-state index in [1.54, 1.807) is 12.4 Å². The third-order valence-corrected chi connectivity index (χ3v) is 1.84. The minimum absolute atomic E-state index is 0. The standard InChI is InChI=1S/C8H10N4.CH3.ClH.Pd/c1-11-5-3-9-7(11)8-10-4-6-12(8)2;;;/h3-6H,1-2H3;1H3;1H;/q;-1;;+2/p-1. The fraction of sp³-hybridized carbons (Fsp3) is 0.222.